The largest absolute Gasteiger partial charge is 0.418 e. The Kier molecular flexibility index (Phi) is 3.48. The van der Waals surface area contributed by atoms with E-state index in [1.807, 2.05) is 0 Å². The van der Waals surface area contributed by atoms with E-state index < -0.39 is 18.2 Å². The van der Waals surface area contributed by atoms with Gasteiger partial charge in [0.05, 0.1) is 0 Å². The summed E-state index contributed by atoms with van der Waals surface area (Å²) in [5.41, 5.74) is 4.47. The summed E-state index contributed by atoms with van der Waals surface area (Å²) in [6.07, 6.45) is -5.56. The lowest BCUT2D eigenvalue weighted by atomic mass is 10.1. The first-order valence-corrected chi connectivity index (χ1v) is 4.21. The van der Waals surface area contributed by atoms with Gasteiger partial charge in [0, 0.05) is 13.3 Å². The minimum Gasteiger partial charge on any atom is -0.367 e. The van der Waals surface area contributed by atoms with Crippen molar-refractivity contribution in [3.8, 4) is 0 Å². The summed E-state index contributed by atoms with van der Waals surface area (Å²) in [4.78, 5) is 14.3. The number of alkyl halides is 3. The van der Waals surface area contributed by atoms with Crippen molar-refractivity contribution in [2.75, 3.05) is 7.11 Å². The number of carbonyl (C=O) groups excluding carboxylic acids is 1. The molecule has 0 aliphatic carbocycles. The van der Waals surface area contributed by atoms with Crippen LogP contribution >= 0.6 is 0 Å². The number of hydrogen-bond donors (Lipinski definition) is 1. The maximum absolute atomic E-state index is 12.5. The lowest BCUT2D eigenvalue weighted by molar-refractivity contribution is -0.216. The summed E-state index contributed by atoms with van der Waals surface area (Å²) < 4.78 is 41.8. The van der Waals surface area contributed by atoms with E-state index in [2.05, 4.69) is 9.72 Å². The Morgan fingerprint density at radius 3 is 2.62 bits per heavy atom. The molecule has 1 heterocycles. The smallest absolute Gasteiger partial charge is 0.367 e. The third-order valence-electron chi connectivity index (χ3n) is 1.87. The molecule has 1 unspecified atom stereocenters. The normalized spacial score (nSPS) is 13.5. The predicted octanol–water partition coefficient (Wildman–Crippen LogP) is 1.43. The molecular formula is C9H9F3N2O2. The second-order valence-electron chi connectivity index (χ2n) is 3.00. The van der Waals surface area contributed by atoms with E-state index in [4.69, 9.17) is 5.73 Å². The van der Waals surface area contributed by atoms with Gasteiger partial charge in [0.15, 0.2) is 6.10 Å². The van der Waals surface area contributed by atoms with Gasteiger partial charge >= 0.3 is 6.18 Å². The van der Waals surface area contributed by atoms with E-state index in [1.54, 1.807) is 0 Å². The molecule has 0 fully saturated rings. The molecule has 1 aromatic heterocycles. The highest BCUT2D eigenvalue weighted by molar-refractivity contribution is 5.90. The third-order valence-corrected chi connectivity index (χ3v) is 1.87. The Balaban J connectivity index is 3.11. The zero-order chi connectivity index (χ0) is 12.3. The summed E-state index contributed by atoms with van der Waals surface area (Å²) in [6.45, 7) is 0. The predicted molar refractivity (Wildman–Crippen MR) is 48.6 cm³/mol. The van der Waals surface area contributed by atoms with Crippen LogP contribution in [0.4, 0.5) is 13.2 Å². The number of rotatable bonds is 3. The maximum Gasteiger partial charge on any atom is 0.418 e. The average molecular weight is 234 g/mol. The zero-order valence-electron chi connectivity index (χ0n) is 8.28. The number of nitrogens with zero attached hydrogens (tertiary/aromatic N) is 1. The first-order chi connectivity index (χ1) is 7.36. The number of carbonyl (C=O) groups is 1. The number of ether oxygens (including phenoxy) is 1. The minimum atomic E-state index is -4.55. The monoisotopic (exact) mass is 234 g/mol. The molecule has 7 heteroatoms. The van der Waals surface area contributed by atoms with Crippen LogP contribution in [0.2, 0.25) is 0 Å². The molecule has 4 nitrogen and oxygen atoms in total. The highest BCUT2D eigenvalue weighted by Crippen LogP contribution is 2.35. The molecule has 0 spiro atoms. The number of methoxy groups -OCH3 is 1. The summed E-state index contributed by atoms with van der Waals surface area (Å²) >= 11 is 0. The van der Waals surface area contributed by atoms with Crippen LogP contribution in [0.25, 0.3) is 0 Å². The Labute approximate surface area is 89.2 Å². The molecule has 1 aromatic rings. The van der Waals surface area contributed by atoms with Crippen LogP contribution in [0.3, 0.4) is 0 Å². The van der Waals surface area contributed by atoms with Gasteiger partial charge in [-0.2, -0.15) is 13.2 Å². The second kappa shape index (κ2) is 4.48. The standard InChI is InChI=1S/C9H9F3N2O2/c1-16-7(9(10,11)12)5-2-3-14-6(4-5)8(13)15/h2-4,7H,1H3,(H2,13,15). The summed E-state index contributed by atoms with van der Waals surface area (Å²) in [7, 11) is 0.933. The Morgan fingerprint density at radius 1 is 1.56 bits per heavy atom. The highest BCUT2D eigenvalue weighted by Gasteiger charge is 2.41. The fraction of sp³-hybridized carbons (Fsp3) is 0.333. The van der Waals surface area contributed by atoms with Crippen molar-refractivity contribution >= 4 is 5.91 Å². The molecule has 1 rings (SSSR count). The van der Waals surface area contributed by atoms with Crippen LogP contribution in [-0.4, -0.2) is 24.2 Å². The summed E-state index contributed by atoms with van der Waals surface area (Å²) in [6, 6.07) is 2.08. The fourth-order valence-corrected chi connectivity index (χ4v) is 1.20. The number of aromatic nitrogens is 1. The molecule has 0 saturated heterocycles. The van der Waals surface area contributed by atoms with E-state index >= 15 is 0 Å². The van der Waals surface area contributed by atoms with Crippen molar-refractivity contribution in [3.63, 3.8) is 0 Å². The van der Waals surface area contributed by atoms with Gasteiger partial charge in [-0.05, 0) is 17.7 Å². The SMILES string of the molecule is COC(c1ccnc(C(N)=O)c1)C(F)(F)F. The number of halogens is 3. The van der Waals surface area contributed by atoms with Crippen LogP contribution in [0.1, 0.15) is 22.2 Å². The molecule has 1 atom stereocenters. The van der Waals surface area contributed by atoms with Crippen LogP contribution < -0.4 is 5.73 Å². The van der Waals surface area contributed by atoms with Crippen LogP contribution in [0, 0.1) is 0 Å². The van der Waals surface area contributed by atoms with Crippen LogP contribution in [0.15, 0.2) is 18.3 Å². The maximum atomic E-state index is 12.5. The Morgan fingerprint density at radius 2 is 2.19 bits per heavy atom. The van der Waals surface area contributed by atoms with Gasteiger partial charge in [0.1, 0.15) is 5.69 Å². The van der Waals surface area contributed by atoms with Crippen molar-refractivity contribution in [2.45, 2.75) is 12.3 Å². The minimum absolute atomic E-state index is 0.209. The van der Waals surface area contributed by atoms with Crippen LogP contribution in [-0.2, 0) is 4.74 Å². The lowest BCUT2D eigenvalue weighted by Crippen LogP contribution is -2.23. The molecular weight excluding hydrogens is 225 g/mol. The molecule has 1 amide bonds. The Hall–Kier alpha value is -1.63. The van der Waals surface area contributed by atoms with Gasteiger partial charge in [0.25, 0.3) is 5.91 Å². The number of nitrogens with two attached hydrogens (primary N) is 1. The van der Waals surface area contributed by atoms with Crippen molar-refractivity contribution in [3.05, 3.63) is 29.6 Å². The van der Waals surface area contributed by atoms with Gasteiger partial charge in [-0.1, -0.05) is 0 Å². The molecule has 0 aliphatic heterocycles. The second-order valence-corrected chi connectivity index (χ2v) is 3.00. The van der Waals surface area contributed by atoms with Crippen molar-refractivity contribution in [2.24, 2.45) is 5.73 Å². The van der Waals surface area contributed by atoms with Gasteiger partial charge < -0.3 is 10.5 Å². The van der Waals surface area contributed by atoms with E-state index in [0.29, 0.717) is 0 Å². The molecule has 0 aliphatic rings. The number of primary amides is 1. The lowest BCUT2D eigenvalue weighted by Gasteiger charge is -2.18. The molecule has 0 radical (unpaired) electrons. The Bertz CT molecular complexity index is 393. The van der Waals surface area contributed by atoms with Crippen molar-refractivity contribution < 1.29 is 22.7 Å². The first-order valence-electron chi connectivity index (χ1n) is 4.21. The quantitative estimate of drug-likeness (QED) is 0.860. The summed E-state index contributed by atoms with van der Waals surface area (Å²) in [5.74, 6) is -0.890. The first kappa shape index (κ1) is 12.4. The zero-order valence-corrected chi connectivity index (χ0v) is 8.28. The van der Waals surface area contributed by atoms with Gasteiger partial charge in [-0.15, -0.1) is 0 Å². The van der Waals surface area contributed by atoms with Crippen molar-refractivity contribution in [1.29, 1.82) is 0 Å². The highest BCUT2D eigenvalue weighted by atomic mass is 19.4. The third kappa shape index (κ3) is 2.69. The number of hydrogen-bond acceptors (Lipinski definition) is 3. The molecule has 0 saturated carbocycles. The van der Waals surface area contributed by atoms with Crippen LogP contribution in [0.5, 0.6) is 0 Å². The molecule has 0 aromatic carbocycles. The van der Waals surface area contributed by atoms with E-state index in [1.165, 1.54) is 0 Å². The molecule has 88 valence electrons. The molecule has 16 heavy (non-hydrogen) atoms. The topological polar surface area (TPSA) is 65.2 Å². The van der Waals surface area contributed by atoms with Crippen molar-refractivity contribution in [1.82, 2.24) is 4.98 Å². The molecule has 0 bridgehead atoms. The molecule has 2 N–H and O–H groups in total. The number of amides is 1. The van der Waals surface area contributed by atoms with Gasteiger partial charge in [-0.25, -0.2) is 0 Å². The number of pyridine rings is 1. The average Bonchev–Trinajstić information content (AvgIpc) is 2.17. The van der Waals surface area contributed by atoms with Gasteiger partial charge in [-0.3, -0.25) is 9.78 Å². The summed E-state index contributed by atoms with van der Waals surface area (Å²) in [5, 5.41) is 0. The van der Waals surface area contributed by atoms with E-state index in [0.717, 1.165) is 25.4 Å². The van der Waals surface area contributed by atoms with E-state index in [9.17, 15) is 18.0 Å². The van der Waals surface area contributed by atoms with E-state index in [-0.39, 0.29) is 11.3 Å². The van der Waals surface area contributed by atoms with Gasteiger partial charge in [0.2, 0.25) is 0 Å². The fourth-order valence-electron chi connectivity index (χ4n) is 1.20.